The van der Waals surface area contributed by atoms with Gasteiger partial charge in [0.05, 0.1) is 11.0 Å². The van der Waals surface area contributed by atoms with E-state index in [1.54, 1.807) is 0 Å². The van der Waals surface area contributed by atoms with E-state index in [1.165, 1.54) is 55.2 Å². The van der Waals surface area contributed by atoms with E-state index in [1.807, 2.05) is 0 Å². The monoisotopic (exact) mass is 320 g/mol. The maximum absolute atomic E-state index is 4.94. The molecule has 0 spiro atoms. The van der Waals surface area contributed by atoms with Crippen LogP contribution in [0.5, 0.6) is 0 Å². The molecule has 0 aliphatic heterocycles. The van der Waals surface area contributed by atoms with Crippen LogP contribution in [0.2, 0.25) is 0 Å². The number of aromatic nitrogens is 2. The van der Waals surface area contributed by atoms with Gasteiger partial charge in [-0.3, -0.25) is 0 Å². The average molecular weight is 320 g/mol. The molecule has 0 fully saturated rings. The molecule has 0 bridgehead atoms. The summed E-state index contributed by atoms with van der Waals surface area (Å²) in [6.07, 6.45) is 7.92. The molecule has 2 aromatic carbocycles. The van der Waals surface area contributed by atoms with Gasteiger partial charge in [0.25, 0.3) is 0 Å². The summed E-state index contributed by atoms with van der Waals surface area (Å²) in [5.41, 5.74) is 4.89. The third kappa shape index (κ3) is 3.69. The Hall–Kier alpha value is -2.09. The summed E-state index contributed by atoms with van der Waals surface area (Å²) in [6, 6.07) is 17.1. The molecule has 24 heavy (non-hydrogen) atoms. The van der Waals surface area contributed by atoms with Crippen molar-refractivity contribution in [3.05, 3.63) is 54.1 Å². The van der Waals surface area contributed by atoms with Crippen molar-refractivity contribution in [3.8, 4) is 11.4 Å². The SMILES string of the molecule is CCCCCCCCn1c(-c2ccccc2C)nc2ccccc21. The van der Waals surface area contributed by atoms with Crippen LogP contribution in [-0.4, -0.2) is 9.55 Å². The summed E-state index contributed by atoms with van der Waals surface area (Å²) in [5.74, 6) is 1.11. The molecule has 1 heterocycles. The molecule has 0 saturated carbocycles. The van der Waals surface area contributed by atoms with Crippen LogP contribution in [0, 0.1) is 6.92 Å². The average Bonchev–Trinajstić information content (AvgIpc) is 2.97. The van der Waals surface area contributed by atoms with E-state index in [-0.39, 0.29) is 0 Å². The molecular weight excluding hydrogens is 292 g/mol. The fraction of sp³-hybridized carbons (Fsp3) is 0.409. The predicted molar refractivity (Wildman–Crippen MR) is 103 cm³/mol. The number of imidazole rings is 1. The molecular formula is C22H28N2. The van der Waals surface area contributed by atoms with Crippen LogP contribution in [0.1, 0.15) is 51.0 Å². The molecule has 0 radical (unpaired) electrons. The first-order valence-electron chi connectivity index (χ1n) is 9.32. The minimum absolute atomic E-state index is 1.05. The van der Waals surface area contributed by atoms with Gasteiger partial charge in [-0.1, -0.05) is 75.4 Å². The van der Waals surface area contributed by atoms with Crippen LogP contribution in [0.15, 0.2) is 48.5 Å². The van der Waals surface area contributed by atoms with E-state index >= 15 is 0 Å². The number of benzene rings is 2. The highest BCUT2D eigenvalue weighted by molar-refractivity contribution is 5.81. The lowest BCUT2D eigenvalue weighted by atomic mass is 10.1. The maximum Gasteiger partial charge on any atom is 0.141 e. The first-order valence-corrected chi connectivity index (χ1v) is 9.32. The Kier molecular flexibility index (Phi) is 5.68. The smallest absolute Gasteiger partial charge is 0.141 e. The van der Waals surface area contributed by atoms with E-state index in [4.69, 9.17) is 4.98 Å². The second kappa shape index (κ2) is 8.14. The van der Waals surface area contributed by atoms with Gasteiger partial charge in [-0.2, -0.15) is 0 Å². The second-order valence-electron chi connectivity index (χ2n) is 6.66. The molecule has 0 unspecified atom stereocenters. The van der Waals surface area contributed by atoms with Gasteiger partial charge >= 0.3 is 0 Å². The number of rotatable bonds is 8. The van der Waals surface area contributed by atoms with Crippen molar-refractivity contribution in [1.82, 2.24) is 9.55 Å². The van der Waals surface area contributed by atoms with Gasteiger partial charge in [0.2, 0.25) is 0 Å². The van der Waals surface area contributed by atoms with Gasteiger partial charge in [-0.05, 0) is 31.0 Å². The first kappa shape index (κ1) is 16.8. The largest absolute Gasteiger partial charge is 0.324 e. The highest BCUT2D eigenvalue weighted by Crippen LogP contribution is 2.27. The minimum Gasteiger partial charge on any atom is -0.324 e. The zero-order chi connectivity index (χ0) is 16.8. The van der Waals surface area contributed by atoms with Crippen LogP contribution in [0.3, 0.4) is 0 Å². The number of hydrogen-bond donors (Lipinski definition) is 0. The summed E-state index contributed by atoms with van der Waals surface area (Å²) in [6.45, 7) is 5.49. The number of aryl methyl sites for hydroxylation is 2. The summed E-state index contributed by atoms with van der Waals surface area (Å²) in [5, 5.41) is 0. The number of hydrogen-bond acceptors (Lipinski definition) is 1. The van der Waals surface area contributed by atoms with Crippen molar-refractivity contribution >= 4 is 11.0 Å². The first-order chi connectivity index (χ1) is 11.8. The molecule has 2 nitrogen and oxygen atoms in total. The Bertz CT molecular complexity index is 786. The van der Waals surface area contributed by atoms with Crippen LogP contribution in [-0.2, 0) is 6.54 Å². The van der Waals surface area contributed by atoms with Crippen molar-refractivity contribution in [2.45, 2.75) is 58.9 Å². The lowest BCUT2D eigenvalue weighted by Crippen LogP contribution is -2.02. The zero-order valence-corrected chi connectivity index (χ0v) is 15.0. The van der Waals surface area contributed by atoms with Crippen molar-refractivity contribution < 1.29 is 0 Å². The summed E-state index contributed by atoms with van der Waals surface area (Å²) < 4.78 is 2.41. The van der Waals surface area contributed by atoms with E-state index in [2.05, 4.69) is 66.9 Å². The van der Waals surface area contributed by atoms with Crippen LogP contribution < -0.4 is 0 Å². The summed E-state index contributed by atoms with van der Waals surface area (Å²) >= 11 is 0. The molecule has 0 aliphatic carbocycles. The quantitative estimate of drug-likeness (QED) is 0.441. The predicted octanol–water partition coefficient (Wildman–Crippen LogP) is 6.37. The third-order valence-corrected chi connectivity index (χ3v) is 4.78. The van der Waals surface area contributed by atoms with E-state index in [9.17, 15) is 0 Å². The summed E-state index contributed by atoms with van der Waals surface area (Å²) in [7, 11) is 0. The lowest BCUT2D eigenvalue weighted by molar-refractivity contribution is 0.566. The highest BCUT2D eigenvalue weighted by atomic mass is 15.1. The Morgan fingerprint density at radius 1 is 0.833 bits per heavy atom. The van der Waals surface area contributed by atoms with Crippen LogP contribution in [0.25, 0.3) is 22.4 Å². The van der Waals surface area contributed by atoms with E-state index in [0.29, 0.717) is 0 Å². The molecule has 0 N–H and O–H groups in total. The zero-order valence-electron chi connectivity index (χ0n) is 15.0. The third-order valence-electron chi connectivity index (χ3n) is 4.78. The van der Waals surface area contributed by atoms with Gasteiger partial charge in [-0.15, -0.1) is 0 Å². The van der Waals surface area contributed by atoms with Gasteiger partial charge in [-0.25, -0.2) is 4.98 Å². The minimum atomic E-state index is 1.05. The lowest BCUT2D eigenvalue weighted by Gasteiger charge is -2.11. The maximum atomic E-state index is 4.94. The van der Waals surface area contributed by atoms with Crippen LogP contribution >= 0.6 is 0 Å². The van der Waals surface area contributed by atoms with Crippen LogP contribution in [0.4, 0.5) is 0 Å². The molecule has 2 heteroatoms. The van der Waals surface area contributed by atoms with E-state index in [0.717, 1.165) is 17.9 Å². The number of unbranched alkanes of at least 4 members (excludes halogenated alkanes) is 5. The topological polar surface area (TPSA) is 17.8 Å². The second-order valence-corrected chi connectivity index (χ2v) is 6.66. The van der Waals surface area contributed by atoms with Gasteiger partial charge < -0.3 is 4.57 Å². The molecule has 1 aromatic heterocycles. The normalized spacial score (nSPS) is 11.2. The Balaban J connectivity index is 1.85. The Morgan fingerprint density at radius 3 is 2.38 bits per heavy atom. The highest BCUT2D eigenvalue weighted by Gasteiger charge is 2.13. The van der Waals surface area contributed by atoms with Crippen molar-refractivity contribution in [2.24, 2.45) is 0 Å². The molecule has 3 rings (SSSR count). The molecule has 0 atom stereocenters. The number of para-hydroxylation sites is 2. The Morgan fingerprint density at radius 2 is 1.54 bits per heavy atom. The van der Waals surface area contributed by atoms with Crippen molar-refractivity contribution in [1.29, 1.82) is 0 Å². The van der Waals surface area contributed by atoms with E-state index < -0.39 is 0 Å². The summed E-state index contributed by atoms with van der Waals surface area (Å²) in [4.78, 5) is 4.94. The van der Waals surface area contributed by atoms with Crippen molar-refractivity contribution in [3.63, 3.8) is 0 Å². The fourth-order valence-electron chi connectivity index (χ4n) is 3.38. The molecule has 126 valence electrons. The molecule has 3 aromatic rings. The molecule has 0 saturated heterocycles. The van der Waals surface area contributed by atoms with Gasteiger partial charge in [0.15, 0.2) is 0 Å². The standard InChI is InChI=1S/C22H28N2/c1-3-4-5-6-7-12-17-24-21-16-11-10-15-20(21)23-22(24)19-14-9-8-13-18(19)2/h8-11,13-16H,3-7,12,17H2,1-2H3. The van der Waals surface area contributed by atoms with Crippen molar-refractivity contribution in [2.75, 3.05) is 0 Å². The fourth-order valence-corrected chi connectivity index (χ4v) is 3.38. The molecule has 0 aliphatic rings. The number of fused-ring (bicyclic) bond motifs is 1. The van der Waals surface area contributed by atoms with Gasteiger partial charge in [0.1, 0.15) is 5.82 Å². The molecule has 0 amide bonds. The Labute approximate surface area is 145 Å². The van der Waals surface area contributed by atoms with Gasteiger partial charge in [0, 0.05) is 12.1 Å². The number of nitrogens with zero attached hydrogens (tertiary/aromatic N) is 2.